The minimum Gasteiger partial charge on any atom is -0.360 e. The Bertz CT molecular complexity index is 1120. The third kappa shape index (κ3) is 4.42. The van der Waals surface area contributed by atoms with Gasteiger partial charge in [0.1, 0.15) is 0 Å². The van der Waals surface area contributed by atoms with Crippen molar-refractivity contribution in [3.05, 3.63) is 106 Å². The van der Waals surface area contributed by atoms with Gasteiger partial charge in [-0.2, -0.15) is 0 Å². The number of ketones is 1. The summed E-state index contributed by atoms with van der Waals surface area (Å²) in [6, 6.07) is 23.5. The van der Waals surface area contributed by atoms with E-state index in [1.807, 2.05) is 48.5 Å². The fourth-order valence-corrected chi connectivity index (χ4v) is 3.75. The molecule has 0 spiro atoms. The maximum Gasteiger partial charge on any atom is 0.186 e. The lowest BCUT2D eigenvalue weighted by Crippen LogP contribution is -2.30. The van der Waals surface area contributed by atoms with Crippen molar-refractivity contribution >= 4 is 28.3 Å². The van der Waals surface area contributed by atoms with Gasteiger partial charge in [0.15, 0.2) is 5.78 Å². The van der Waals surface area contributed by atoms with Gasteiger partial charge in [0, 0.05) is 34.2 Å². The number of aryl methyl sites for hydroxylation is 1. The van der Waals surface area contributed by atoms with E-state index in [1.165, 1.54) is 11.1 Å². The molecule has 1 heterocycles. The predicted octanol–water partition coefficient (Wildman–Crippen LogP) is 5.89. The van der Waals surface area contributed by atoms with Crippen LogP contribution in [0.1, 0.15) is 33.1 Å². The maximum absolute atomic E-state index is 13.5. The third-order valence-corrected chi connectivity index (χ3v) is 5.42. The molecule has 0 fully saturated rings. The molecule has 29 heavy (non-hydrogen) atoms. The average molecular weight is 403 g/mol. The molecule has 4 heteroatoms. The first-order valence-electron chi connectivity index (χ1n) is 9.76. The van der Waals surface area contributed by atoms with Crippen LogP contribution in [0.25, 0.3) is 10.9 Å². The Morgan fingerprint density at radius 3 is 2.55 bits per heavy atom. The zero-order valence-corrected chi connectivity index (χ0v) is 17.0. The topological polar surface area (TPSA) is 44.9 Å². The van der Waals surface area contributed by atoms with E-state index in [9.17, 15) is 4.79 Å². The Labute approximate surface area is 175 Å². The molecule has 0 aliphatic heterocycles. The van der Waals surface area contributed by atoms with Crippen LogP contribution in [0.15, 0.2) is 79.0 Å². The van der Waals surface area contributed by atoms with Crippen LogP contribution in [0, 0.1) is 6.92 Å². The molecule has 0 amide bonds. The van der Waals surface area contributed by atoms with Gasteiger partial charge in [-0.1, -0.05) is 77.8 Å². The molecule has 4 rings (SSSR count). The molecule has 0 aliphatic rings. The molecule has 0 aliphatic carbocycles. The van der Waals surface area contributed by atoms with E-state index in [4.69, 9.17) is 11.6 Å². The van der Waals surface area contributed by atoms with Gasteiger partial charge in [-0.05, 0) is 36.6 Å². The number of aromatic amines is 1. The number of Topliss-reactive ketones (excluding diaryl/α,β-unsaturated/α-hetero) is 1. The number of hydrogen-bond acceptors (Lipinski definition) is 2. The number of halogens is 1. The van der Waals surface area contributed by atoms with Gasteiger partial charge < -0.3 is 10.3 Å². The molecule has 0 unspecified atom stereocenters. The molecule has 3 nitrogen and oxygen atoms in total. The molecule has 3 aromatic carbocycles. The number of hydrogen-bond donors (Lipinski definition) is 2. The van der Waals surface area contributed by atoms with Crippen LogP contribution in [0.2, 0.25) is 5.02 Å². The van der Waals surface area contributed by atoms with E-state index in [2.05, 4.69) is 41.5 Å². The first kappa shape index (κ1) is 19.4. The Morgan fingerprint density at radius 2 is 1.79 bits per heavy atom. The lowest BCUT2D eigenvalue weighted by Gasteiger charge is -2.18. The Kier molecular flexibility index (Phi) is 5.79. The zero-order chi connectivity index (χ0) is 20.2. The number of rotatable bonds is 7. The molecule has 1 atom stereocenters. The smallest absolute Gasteiger partial charge is 0.186 e. The SMILES string of the molecule is Cc1ccc(CCN[C@@H](C(=O)c2c[nH]c3cc(Cl)ccc23)c2ccccc2)cc1. The molecule has 0 bridgehead atoms. The van der Waals surface area contributed by atoms with Gasteiger partial charge in [-0.15, -0.1) is 0 Å². The molecular weight excluding hydrogens is 380 g/mol. The normalized spacial score (nSPS) is 12.2. The summed E-state index contributed by atoms with van der Waals surface area (Å²) in [6.07, 6.45) is 2.64. The second-order valence-corrected chi connectivity index (χ2v) is 7.73. The highest BCUT2D eigenvalue weighted by molar-refractivity contribution is 6.31. The van der Waals surface area contributed by atoms with E-state index in [0.29, 0.717) is 17.1 Å². The van der Waals surface area contributed by atoms with Crippen LogP contribution in [0.5, 0.6) is 0 Å². The van der Waals surface area contributed by atoms with Crippen LogP contribution in [-0.2, 0) is 6.42 Å². The molecule has 4 aromatic rings. The molecule has 0 saturated heterocycles. The van der Waals surface area contributed by atoms with E-state index in [-0.39, 0.29) is 5.78 Å². The average Bonchev–Trinajstić information content (AvgIpc) is 3.16. The quantitative estimate of drug-likeness (QED) is 0.379. The predicted molar refractivity (Wildman–Crippen MR) is 120 cm³/mol. The van der Waals surface area contributed by atoms with Crippen molar-refractivity contribution < 1.29 is 4.79 Å². The highest BCUT2D eigenvalue weighted by atomic mass is 35.5. The van der Waals surface area contributed by atoms with Crippen molar-refractivity contribution in [2.75, 3.05) is 6.54 Å². The summed E-state index contributed by atoms with van der Waals surface area (Å²) in [7, 11) is 0. The van der Waals surface area contributed by atoms with Gasteiger partial charge in [0.25, 0.3) is 0 Å². The van der Waals surface area contributed by atoms with Crippen molar-refractivity contribution in [3.63, 3.8) is 0 Å². The number of aromatic nitrogens is 1. The second-order valence-electron chi connectivity index (χ2n) is 7.29. The number of nitrogens with one attached hydrogen (secondary N) is 2. The number of fused-ring (bicyclic) bond motifs is 1. The fourth-order valence-electron chi connectivity index (χ4n) is 3.58. The van der Waals surface area contributed by atoms with Crippen LogP contribution >= 0.6 is 11.6 Å². The standard InChI is InChI=1S/C25H23ClN2O/c1-17-7-9-18(10-8-17)13-14-27-24(19-5-3-2-4-6-19)25(29)22-16-28-23-15-20(26)11-12-21(22)23/h2-12,15-16,24,27-28H,13-14H2,1H3/t24-/m1/s1. The summed E-state index contributed by atoms with van der Waals surface area (Å²) in [5.74, 6) is 0.0497. The number of H-pyrrole nitrogens is 1. The highest BCUT2D eigenvalue weighted by Crippen LogP contribution is 2.26. The molecule has 0 saturated carbocycles. The molecule has 2 N–H and O–H groups in total. The molecule has 146 valence electrons. The van der Waals surface area contributed by atoms with Crippen LogP contribution in [-0.4, -0.2) is 17.3 Å². The monoisotopic (exact) mass is 402 g/mol. The number of carbonyl (C=O) groups excluding carboxylic acids is 1. The minimum absolute atomic E-state index is 0.0497. The van der Waals surface area contributed by atoms with Crippen molar-refractivity contribution in [1.29, 1.82) is 0 Å². The first-order valence-corrected chi connectivity index (χ1v) is 10.1. The van der Waals surface area contributed by atoms with Crippen molar-refractivity contribution in [1.82, 2.24) is 10.3 Å². The molecular formula is C25H23ClN2O. The summed E-state index contributed by atoms with van der Waals surface area (Å²) in [6.45, 7) is 2.79. The van der Waals surface area contributed by atoms with Crippen LogP contribution in [0.4, 0.5) is 0 Å². The first-order chi connectivity index (χ1) is 14.1. The summed E-state index contributed by atoms with van der Waals surface area (Å²) in [5.41, 5.74) is 5.01. The summed E-state index contributed by atoms with van der Waals surface area (Å²) in [4.78, 5) is 16.6. The Balaban J connectivity index is 1.58. The van der Waals surface area contributed by atoms with Crippen LogP contribution in [0.3, 0.4) is 0 Å². The van der Waals surface area contributed by atoms with Gasteiger partial charge >= 0.3 is 0 Å². The van der Waals surface area contributed by atoms with Crippen molar-refractivity contribution in [2.45, 2.75) is 19.4 Å². The minimum atomic E-state index is -0.406. The molecule has 1 aromatic heterocycles. The van der Waals surface area contributed by atoms with E-state index >= 15 is 0 Å². The Morgan fingerprint density at radius 1 is 1.03 bits per heavy atom. The van der Waals surface area contributed by atoms with Crippen molar-refractivity contribution in [3.8, 4) is 0 Å². The summed E-state index contributed by atoms with van der Waals surface area (Å²) in [5, 5.41) is 5.01. The summed E-state index contributed by atoms with van der Waals surface area (Å²) < 4.78 is 0. The van der Waals surface area contributed by atoms with Gasteiger partial charge in [0.05, 0.1) is 6.04 Å². The third-order valence-electron chi connectivity index (χ3n) is 5.19. The maximum atomic E-state index is 13.5. The molecule has 0 radical (unpaired) electrons. The number of benzene rings is 3. The van der Waals surface area contributed by atoms with Gasteiger partial charge in [-0.25, -0.2) is 0 Å². The van der Waals surface area contributed by atoms with Crippen LogP contribution < -0.4 is 5.32 Å². The fraction of sp³-hybridized carbons (Fsp3) is 0.160. The van der Waals surface area contributed by atoms with E-state index in [1.54, 1.807) is 6.20 Å². The highest BCUT2D eigenvalue weighted by Gasteiger charge is 2.24. The van der Waals surface area contributed by atoms with E-state index < -0.39 is 6.04 Å². The zero-order valence-electron chi connectivity index (χ0n) is 16.3. The Hall–Kier alpha value is -2.88. The lowest BCUT2D eigenvalue weighted by molar-refractivity contribution is 0.0945. The summed E-state index contributed by atoms with van der Waals surface area (Å²) >= 11 is 6.09. The van der Waals surface area contributed by atoms with Gasteiger partial charge in [-0.3, -0.25) is 4.79 Å². The lowest BCUT2D eigenvalue weighted by atomic mass is 9.96. The second kappa shape index (κ2) is 8.64. The number of carbonyl (C=O) groups is 1. The van der Waals surface area contributed by atoms with Gasteiger partial charge in [0.2, 0.25) is 0 Å². The van der Waals surface area contributed by atoms with Crippen molar-refractivity contribution in [2.24, 2.45) is 0 Å². The largest absolute Gasteiger partial charge is 0.360 e. The van der Waals surface area contributed by atoms with E-state index in [0.717, 1.165) is 22.9 Å².